The first-order valence-electron chi connectivity index (χ1n) is 5.60. The molecule has 18 heavy (non-hydrogen) atoms. The van der Waals surface area contributed by atoms with Gasteiger partial charge in [0.1, 0.15) is 0 Å². The predicted octanol–water partition coefficient (Wildman–Crippen LogP) is 1.84. The van der Waals surface area contributed by atoms with Gasteiger partial charge in [-0.05, 0) is 24.0 Å². The van der Waals surface area contributed by atoms with Gasteiger partial charge in [0.25, 0.3) is 5.91 Å². The minimum absolute atomic E-state index is 0.172. The van der Waals surface area contributed by atoms with Crippen LogP contribution in [0.25, 0.3) is 0 Å². The fourth-order valence-corrected chi connectivity index (χ4v) is 1.93. The SMILES string of the molecule is COC(=O)CCNC(=O)c1ccc(CSC)cc1. The van der Waals surface area contributed by atoms with E-state index >= 15 is 0 Å². The molecule has 0 radical (unpaired) electrons. The number of thioether (sulfide) groups is 1. The number of hydrogen-bond acceptors (Lipinski definition) is 4. The van der Waals surface area contributed by atoms with E-state index < -0.39 is 0 Å². The first-order valence-corrected chi connectivity index (χ1v) is 6.99. The standard InChI is InChI=1S/C13H17NO3S/c1-17-12(15)7-8-14-13(16)11-5-3-10(4-6-11)9-18-2/h3-6H,7-9H2,1-2H3,(H,14,16). The van der Waals surface area contributed by atoms with Gasteiger partial charge in [-0.25, -0.2) is 0 Å². The van der Waals surface area contributed by atoms with Crippen LogP contribution in [0.1, 0.15) is 22.3 Å². The van der Waals surface area contributed by atoms with Crippen LogP contribution in [0.15, 0.2) is 24.3 Å². The highest BCUT2D eigenvalue weighted by Gasteiger charge is 2.06. The number of rotatable bonds is 6. The molecule has 1 N–H and O–H groups in total. The van der Waals surface area contributed by atoms with Gasteiger partial charge < -0.3 is 10.1 Å². The summed E-state index contributed by atoms with van der Waals surface area (Å²) in [5, 5.41) is 2.67. The second kappa shape index (κ2) is 7.76. The van der Waals surface area contributed by atoms with E-state index in [1.807, 2.05) is 18.4 Å². The number of amides is 1. The summed E-state index contributed by atoms with van der Waals surface area (Å²) in [7, 11) is 1.33. The largest absolute Gasteiger partial charge is 0.469 e. The number of nitrogens with one attached hydrogen (secondary N) is 1. The van der Waals surface area contributed by atoms with Crippen molar-refractivity contribution in [1.29, 1.82) is 0 Å². The third-order valence-electron chi connectivity index (χ3n) is 2.37. The van der Waals surface area contributed by atoms with E-state index in [0.29, 0.717) is 5.56 Å². The third-order valence-corrected chi connectivity index (χ3v) is 2.99. The number of esters is 1. The first-order chi connectivity index (χ1) is 8.67. The fraction of sp³-hybridized carbons (Fsp3) is 0.385. The molecule has 0 aliphatic heterocycles. The van der Waals surface area contributed by atoms with Crippen LogP contribution in [-0.4, -0.2) is 31.8 Å². The molecule has 0 unspecified atom stereocenters. The van der Waals surface area contributed by atoms with E-state index in [1.165, 1.54) is 12.7 Å². The van der Waals surface area contributed by atoms with E-state index in [9.17, 15) is 9.59 Å². The number of benzene rings is 1. The first kappa shape index (κ1) is 14.6. The Labute approximate surface area is 111 Å². The Kier molecular flexibility index (Phi) is 6.28. The predicted molar refractivity (Wildman–Crippen MR) is 72.6 cm³/mol. The Morgan fingerprint density at radius 2 is 1.94 bits per heavy atom. The molecule has 0 saturated heterocycles. The van der Waals surface area contributed by atoms with Gasteiger partial charge in [0.05, 0.1) is 13.5 Å². The molecule has 4 nitrogen and oxygen atoms in total. The monoisotopic (exact) mass is 267 g/mol. The quantitative estimate of drug-likeness (QED) is 0.799. The molecule has 1 amide bonds. The van der Waals surface area contributed by atoms with Crippen molar-refractivity contribution in [2.24, 2.45) is 0 Å². The minimum Gasteiger partial charge on any atom is -0.469 e. The summed E-state index contributed by atoms with van der Waals surface area (Å²) in [5.41, 5.74) is 1.79. The molecule has 98 valence electrons. The van der Waals surface area contributed by atoms with Crippen molar-refractivity contribution in [3.8, 4) is 0 Å². The molecule has 0 saturated carbocycles. The minimum atomic E-state index is -0.328. The van der Waals surface area contributed by atoms with E-state index in [4.69, 9.17) is 0 Å². The second-order valence-corrected chi connectivity index (χ2v) is 4.58. The van der Waals surface area contributed by atoms with Crippen molar-refractivity contribution in [1.82, 2.24) is 5.32 Å². The Bertz CT molecular complexity index is 403. The fourth-order valence-electron chi connectivity index (χ4n) is 1.40. The van der Waals surface area contributed by atoms with Crippen LogP contribution in [0.3, 0.4) is 0 Å². The Morgan fingerprint density at radius 1 is 1.28 bits per heavy atom. The molecule has 0 heterocycles. The van der Waals surface area contributed by atoms with Gasteiger partial charge in [-0.3, -0.25) is 9.59 Å². The van der Waals surface area contributed by atoms with Crippen LogP contribution >= 0.6 is 11.8 Å². The van der Waals surface area contributed by atoms with Crippen LogP contribution in [0.4, 0.5) is 0 Å². The van der Waals surface area contributed by atoms with Gasteiger partial charge in [0.15, 0.2) is 0 Å². The Balaban J connectivity index is 2.44. The average molecular weight is 267 g/mol. The molecule has 1 aromatic carbocycles. The lowest BCUT2D eigenvalue weighted by Gasteiger charge is -2.05. The van der Waals surface area contributed by atoms with E-state index in [0.717, 1.165) is 5.75 Å². The molecule has 0 bridgehead atoms. The lowest BCUT2D eigenvalue weighted by Crippen LogP contribution is -2.26. The van der Waals surface area contributed by atoms with Gasteiger partial charge in [-0.1, -0.05) is 12.1 Å². The highest BCUT2D eigenvalue weighted by Crippen LogP contribution is 2.10. The van der Waals surface area contributed by atoms with Crippen LogP contribution in [0, 0.1) is 0 Å². The summed E-state index contributed by atoms with van der Waals surface area (Å²) >= 11 is 1.74. The highest BCUT2D eigenvalue weighted by molar-refractivity contribution is 7.97. The van der Waals surface area contributed by atoms with Crippen molar-refractivity contribution in [3.63, 3.8) is 0 Å². The summed E-state index contributed by atoms with van der Waals surface area (Å²) in [6, 6.07) is 7.45. The summed E-state index contributed by atoms with van der Waals surface area (Å²) in [5.74, 6) is 0.435. The molecule has 0 aliphatic carbocycles. The number of methoxy groups -OCH3 is 1. The Morgan fingerprint density at radius 3 is 2.50 bits per heavy atom. The van der Waals surface area contributed by atoms with Gasteiger partial charge in [-0.2, -0.15) is 11.8 Å². The van der Waals surface area contributed by atoms with Crippen molar-refractivity contribution >= 4 is 23.6 Å². The van der Waals surface area contributed by atoms with E-state index in [2.05, 4.69) is 10.1 Å². The zero-order valence-electron chi connectivity index (χ0n) is 10.6. The molecular formula is C13H17NO3S. The summed E-state index contributed by atoms with van der Waals surface area (Å²) in [6.45, 7) is 0.290. The molecule has 0 fully saturated rings. The molecule has 0 atom stereocenters. The average Bonchev–Trinajstić information content (AvgIpc) is 2.39. The molecule has 5 heteroatoms. The molecule has 0 aromatic heterocycles. The van der Waals surface area contributed by atoms with Gasteiger partial charge in [-0.15, -0.1) is 0 Å². The molecule has 0 spiro atoms. The number of carbonyl (C=O) groups excluding carboxylic acids is 2. The summed E-state index contributed by atoms with van der Waals surface area (Å²) < 4.78 is 4.49. The smallest absolute Gasteiger partial charge is 0.307 e. The maximum atomic E-state index is 11.7. The molecule has 1 rings (SSSR count). The topological polar surface area (TPSA) is 55.4 Å². The third kappa shape index (κ3) is 4.79. The number of carbonyl (C=O) groups is 2. The summed E-state index contributed by atoms with van der Waals surface area (Å²) in [6.07, 6.45) is 2.22. The van der Waals surface area contributed by atoms with Gasteiger partial charge >= 0.3 is 5.97 Å². The lowest BCUT2D eigenvalue weighted by molar-refractivity contribution is -0.140. The van der Waals surface area contributed by atoms with E-state index in [1.54, 1.807) is 23.9 Å². The highest BCUT2D eigenvalue weighted by atomic mass is 32.2. The van der Waals surface area contributed by atoms with Crippen molar-refractivity contribution in [3.05, 3.63) is 35.4 Å². The zero-order chi connectivity index (χ0) is 13.4. The molecule has 1 aromatic rings. The zero-order valence-corrected chi connectivity index (χ0v) is 11.4. The second-order valence-electron chi connectivity index (χ2n) is 3.71. The maximum Gasteiger partial charge on any atom is 0.307 e. The molecule has 0 aliphatic rings. The van der Waals surface area contributed by atoms with E-state index in [-0.39, 0.29) is 24.8 Å². The normalized spacial score (nSPS) is 9.89. The van der Waals surface area contributed by atoms with Crippen LogP contribution in [0.2, 0.25) is 0 Å². The maximum absolute atomic E-state index is 11.7. The number of ether oxygens (including phenoxy) is 1. The molecular weight excluding hydrogens is 250 g/mol. The lowest BCUT2D eigenvalue weighted by atomic mass is 10.1. The Hall–Kier alpha value is -1.49. The van der Waals surface area contributed by atoms with Crippen molar-refractivity contribution in [2.75, 3.05) is 19.9 Å². The number of hydrogen-bond donors (Lipinski definition) is 1. The van der Waals surface area contributed by atoms with Crippen LogP contribution in [0.5, 0.6) is 0 Å². The van der Waals surface area contributed by atoms with Gasteiger partial charge in [0.2, 0.25) is 0 Å². The van der Waals surface area contributed by atoms with Crippen molar-refractivity contribution in [2.45, 2.75) is 12.2 Å². The summed E-state index contributed by atoms with van der Waals surface area (Å²) in [4.78, 5) is 22.6. The van der Waals surface area contributed by atoms with Crippen LogP contribution < -0.4 is 5.32 Å². The van der Waals surface area contributed by atoms with Gasteiger partial charge in [0, 0.05) is 17.9 Å². The van der Waals surface area contributed by atoms with Crippen molar-refractivity contribution < 1.29 is 14.3 Å². The van der Waals surface area contributed by atoms with Crippen LogP contribution in [-0.2, 0) is 15.3 Å².